The molecule has 0 aliphatic rings. The Morgan fingerprint density at radius 1 is 0.933 bits per heavy atom. The van der Waals surface area contributed by atoms with Gasteiger partial charge in [0, 0.05) is 17.7 Å². The molecule has 0 heterocycles. The van der Waals surface area contributed by atoms with E-state index in [0.717, 1.165) is 17.2 Å². The number of benzene rings is 3. The minimum absolute atomic E-state index is 0.0324. The van der Waals surface area contributed by atoms with Gasteiger partial charge in [-0.3, -0.25) is 30.6 Å². The number of nitro groups is 1. The highest BCUT2D eigenvalue weighted by Gasteiger charge is 2.13. The molecule has 2 amide bonds. The van der Waals surface area contributed by atoms with Crippen LogP contribution in [0.4, 0.5) is 5.69 Å². The standard InChI is InChI=1S/C21H16ClN3O5/c22-18-12-15(14-5-2-1-3-6-14)9-10-19(18)30-13-20(26)23-24-21(27)16-7-4-8-17(11-16)25(28)29/h1-12H,13H2,(H,23,26)(H,24,27). The van der Waals surface area contributed by atoms with Crippen LogP contribution in [0.5, 0.6) is 5.75 Å². The molecule has 0 unspecified atom stereocenters. The number of non-ortho nitro benzene ring substituents is 1. The Morgan fingerprint density at radius 2 is 1.70 bits per heavy atom. The Bertz CT molecular complexity index is 1090. The number of amides is 2. The second-order valence-electron chi connectivity index (χ2n) is 6.11. The molecule has 0 radical (unpaired) electrons. The zero-order chi connectivity index (χ0) is 21.5. The smallest absolute Gasteiger partial charge is 0.276 e. The van der Waals surface area contributed by atoms with Crippen LogP contribution < -0.4 is 15.6 Å². The first-order chi connectivity index (χ1) is 14.4. The Kier molecular flexibility index (Phi) is 6.61. The van der Waals surface area contributed by atoms with Crippen LogP contribution >= 0.6 is 11.6 Å². The van der Waals surface area contributed by atoms with Gasteiger partial charge in [-0.2, -0.15) is 0 Å². The summed E-state index contributed by atoms with van der Waals surface area (Å²) in [5.74, 6) is -1.01. The Balaban J connectivity index is 1.53. The molecule has 0 atom stereocenters. The third-order valence-electron chi connectivity index (χ3n) is 4.03. The molecule has 0 bridgehead atoms. The zero-order valence-electron chi connectivity index (χ0n) is 15.5. The molecule has 2 N–H and O–H groups in total. The maximum atomic E-state index is 12.0. The summed E-state index contributed by atoms with van der Waals surface area (Å²) in [5, 5.41) is 11.1. The second-order valence-corrected chi connectivity index (χ2v) is 6.52. The van der Waals surface area contributed by atoms with Crippen molar-refractivity contribution in [3.63, 3.8) is 0 Å². The molecule has 0 fully saturated rings. The van der Waals surface area contributed by atoms with Gasteiger partial charge in [-0.15, -0.1) is 0 Å². The van der Waals surface area contributed by atoms with Crippen LogP contribution in [0.15, 0.2) is 72.8 Å². The van der Waals surface area contributed by atoms with E-state index in [2.05, 4.69) is 10.9 Å². The predicted octanol–water partition coefficient (Wildman–Crippen LogP) is 3.76. The quantitative estimate of drug-likeness (QED) is 0.461. The molecule has 30 heavy (non-hydrogen) atoms. The van der Waals surface area contributed by atoms with Gasteiger partial charge in [0.1, 0.15) is 5.75 Å². The average Bonchev–Trinajstić information content (AvgIpc) is 2.77. The van der Waals surface area contributed by atoms with Crippen molar-refractivity contribution in [2.75, 3.05) is 6.61 Å². The van der Waals surface area contributed by atoms with E-state index in [4.69, 9.17) is 16.3 Å². The second kappa shape index (κ2) is 9.53. The topological polar surface area (TPSA) is 111 Å². The first-order valence-corrected chi connectivity index (χ1v) is 9.13. The number of hydrazine groups is 1. The molecular weight excluding hydrogens is 410 g/mol. The molecular formula is C21H16ClN3O5. The Morgan fingerprint density at radius 3 is 2.40 bits per heavy atom. The number of nitro benzene ring substituents is 1. The molecule has 0 aromatic heterocycles. The van der Waals surface area contributed by atoms with Gasteiger partial charge in [0.15, 0.2) is 6.61 Å². The Hall–Kier alpha value is -3.91. The minimum atomic E-state index is -0.697. The molecule has 0 saturated heterocycles. The number of ether oxygens (including phenoxy) is 1. The van der Waals surface area contributed by atoms with E-state index in [1.807, 2.05) is 36.4 Å². The summed E-state index contributed by atoms with van der Waals surface area (Å²) in [6.45, 7) is -0.389. The fourth-order valence-corrected chi connectivity index (χ4v) is 2.80. The lowest BCUT2D eigenvalue weighted by molar-refractivity contribution is -0.384. The van der Waals surface area contributed by atoms with Crippen molar-refractivity contribution < 1.29 is 19.2 Å². The summed E-state index contributed by atoms with van der Waals surface area (Å²) in [4.78, 5) is 34.1. The predicted molar refractivity (Wildman–Crippen MR) is 111 cm³/mol. The van der Waals surface area contributed by atoms with E-state index in [1.54, 1.807) is 12.1 Å². The fourth-order valence-electron chi connectivity index (χ4n) is 2.57. The van der Waals surface area contributed by atoms with Crippen molar-refractivity contribution in [1.29, 1.82) is 0 Å². The van der Waals surface area contributed by atoms with Gasteiger partial charge in [-0.25, -0.2) is 0 Å². The van der Waals surface area contributed by atoms with Crippen molar-refractivity contribution in [2.45, 2.75) is 0 Å². The molecule has 3 aromatic carbocycles. The van der Waals surface area contributed by atoms with E-state index in [0.29, 0.717) is 10.8 Å². The number of nitrogens with zero attached hydrogens (tertiary/aromatic N) is 1. The highest BCUT2D eigenvalue weighted by Crippen LogP contribution is 2.30. The number of nitrogens with one attached hydrogen (secondary N) is 2. The number of rotatable bonds is 6. The van der Waals surface area contributed by atoms with Crippen molar-refractivity contribution in [3.05, 3.63) is 93.5 Å². The first kappa shape index (κ1) is 20.8. The van der Waals surface area contributed by atoms with E-state index in [9.17, 15) is 19.7 Å². The number of hydrogen-bond acceptors (Lipinski definition) is 5. The van der Waals surface area contributed by atoms with Crippen molar-refractivity contribution in [2.24, 2.45) is 0 Å². The van der Waals surface area contributed by atoms with Crippen molar-refractivity contribution >= 4 is 29.1 Å². The van der Waals surface area contributed by atoms with Gasteiger partial charge in [0.2, 0.25) is 0 Å². The molecule has 0 saturated carbocycles. The van der Waals surface area contributed by atoms with E-state index in [1.165, 1.54) is 18.2 Å². The third kappa shape index (κ3) is 5.33. The van der Waals surface area contributed by atoms with E-state index < -0.39 is 16.7 Å². The van der Waals surface area contributed by atoms with Crippen LogP contribution in [0, 0.1) is 10.1 Å². The number of carbonyl (C=O) groups excluding carboxylic acids is 2. The van der Waals surface area contributed by atoms with E-state index in [-0.39, 0.29) is 17.9 Å². The number of hydrogen-bond donors (Lipinski definition) is 2. The van der Waals surface area contributed by atoms with Crippen LogP contribution in [0.1, 0.15) is 10.4 Å². The fraction of sp³-hybridized carbons (Fsp3) is 0.0476. The van der Waals surface area contributed by atoms with Crippen LogP contribution in [0.2, 0.25) is 5.02 Å². The van der Waals surface area contributed by atoms with Gasteiger partial charge in [-0.1, -0.05) is 54.1 Å². The summed E-state index contributed by atoms with van der Waals surface area (Å²) in [7, 11) is 0. The average molecular weight is 426 g/mol. The lowest BCUT2D eigenvalue weighted by atomic mass is 10.1. The van der Waals surface area contributed by atoms with Gasteiger partial charge in [-0.05, 0) is 29.3 Å². The molecule has 3 rings (SSSR count). The van der Waals surface area contributed by atoms with Gasteiger partial charge < -0.3 is 4.74 Å². The highest BCUT2D eigenvalue weighted by molar-refractivity contribution is 6.32. The highest BCUT2D eigenvalue weighted by atomic mass is 35.5. The molecule has 9 heteroatoms. The zero-order valence-corrected chi connectivity index (χ0v) is 16.3. The SMILES string of the molecule is O=C(COc1ccc(-c2ccccc2)cc1Cl)NNC(=O)c1cccc([N+](=O)[O-])c1. The van der Waals surface area contributed by atoms with Crippen LogP contribution in [-0.2, 0) is 4.79 Å². The minimum Gasteiger partial charge on any atom is -0.482 e. The first-order valence-electron chi connectivity index (χ1n) is 8.75. The van der Waals surface area contributed by atoms with Crippen LogP contribution in [0.25, 0.3) is 11.1 Å². The molecule has 0 aliphatic heterocycles. The van der Waals surface area contributed by atoms with Crippen LogP contribution in [-0.4, -0.2) is 23.3 Å². The summed E-state index contributed by atoms with van der Waals surface area (Å²) in [6, 6.07) is 20.0. The number of halogens is 1. The molecule has 152 valence electrons. The molecule has 0 aliphatic carbocycles. The summed E-state index contributed by atoms with van der Waals surface area (Å²) in [5.41, 5.74) is 6.05. The molecule has 8 nitrogen and oxygen atoms in total. The molecule has 3 aromatic rings. The van der Waals surface area contributed by atoms with Gasteiger partial charge in [0.25, 0.3) is 17.5 Å². The summed E-state index contributed by atoms with van der Waals surface area (Å²) in [6.07, 6.45) is 0. The maximum Gasteiger partial charge on any atom is 0.276 e. The number of carbonyl (C=O) groups is 2. The Labute approximate surface area is 176 Å². The lowest BCUT2D eigenvalue weighted by Gasteiger charge is -2.11. The lowest BCUT2D eigenvalue weighted by Crippen LogP contribution is -2.43. The monoisotopic (exact) mass is 425 g/mol. The normalized spacial score (nSPS) is 10.2. The van der Waals surface area contributed by atoms with Gasteiger partial charge in [0.05, 0.1) is 9.95 Å². The van der Waals surface area contributed by atoms with Crippen molar-refractivity contribution in [1.82, 2.24) is 10.9 Å². The van der Waals surface area contributed by atoms with Crippen molar-refractivity contribution in [3.8, 4) is 16.9 Å². The largest absolute Gasteiger partial charge is 0.482 e. The van der Waals surface area contributed by atoms with Gasteiger partial charge >= 0.3 is 0 Å². The molecule has 0 spiro atoms. The summed E-state index contributed by atoms with van der Waals surface area (Å²) < 4.78 is 5.39. The maximum absolute atomic E-state index is 12.0. The third-order valence-corrected chi connectivity index (χ3v) is 4.33. The van der Waals surface area contributed by atoms with E-state index >= 15 is 0 Å². The summed E-state index contributed by atoms with van der Waals surface area (Å²) >= 11 is 6.23. The van der Waals surface area contributed by atoms with Crippen LogP contribution in [0.3, 0.4) is 0 Å².